The minimum Gasteiger partial charge on any atom is -0.444 e. The summed E-state index contributed by atoms with van der Waals surface area (Å²) in [6.07, 6.45) is 1.02. The van der Waals surface area contributed by atoms with E-state index in [0.717, 1.165) is 0 Å². The Morgan fingerprint density at radius 3 is 2.69 bits per heavy atom. The van der Waals surface area contributed by atoms with Gasteiger partial charge in [0, 0.05) is 36.1 Å². The number of carbonyl (C=O) groups excluding carboxylic acids is 1. The molecule has 0 radical (unpaired) electrons. The first-order valence-electron chi connectivity index (χ1n) is 8.50. The van der Waals surface area contributed by atoms with E-state index in [1.165, 1.54) is 12.4 Å². The fraction of sp³-hybridized carbons (Fsp3) is 0.500. The van der Waals surface area contributed by atoms with Crippen LogP contribution in [0.3, 0.4) is 0 Å². The summed E-state index contributed by atoms with van der Waals surface area (Å²) in [5.74, 6) is 0.143. The van der Waals surface area contributed by atoms with Gasteiger partial charge in [-0.1, -0.05) is 11.6 Å². The highest BCUT2D eigenvalue weighted by molar-refractivity contribution is 6.31. The van der Waals surface area contributed by atoms with Gasteiger partial charge in [-0.25, -0.2) is 19.2 Å². The highest BCUT2D eigenvalue weighted by atomic mass is 35.5. The van der Waals surface area contributed by atoms with Crippen molar-refractivity contribution in [2.24, 2.45) is 0 Å². The van der Waals surface area contributed by atoms with E-state index in [1.807, 2.05) is 32.6 Å². The molecule has 0 aliphatic carbocycles. The van der Waals surface area contributed by atoms with E-state index < -0.39 is 11.4 Å². The number of carbonyl (C=O) groups is 1. The molecule has 6 nitrogen and oxygen atoms in total. The fourth-order valence-electron chi connectivity index (χ4n) is 3.07. The molecule has 1 saturated heterocycles. The molecule has 1 aliphatic heterocycles. The van der Waals surface area contributed by atoms with Crippen molar-refractivity contribution in [3.8, 4) is 0 Å². The molecule has 8 heteroatoms. The van der Waals surface area contributed by atoms with Crippen molar-refractivity contribution in [3.05, 3.63) is 29.3 Å². The third-order valence-electron chi connectivity index (χ3n) is 4.19. The van der Waals surface area contributed by atoms with Crippen molar-refractivity contribution in [3.63, 3.8) is 0 Å². The molecule has 0 saturated carbocycles. The van der Waals surface area contributed by atoms with Gasteiger partial charge in [0.1, 0.15) is 23.3 Å². The zero-order valence-electron chi connectivity index (χ0n) is 15.3. The Kier molecular flexibility index (Phi) is 4.92. The van der Waals surface area contributed by atoms with Crippen LogP contribution in [-0.2, 0) is 4.74 Å². The van der Waals surface area contributed by atoms with E-state index in [-0.39, 0.29) is 17.7 Å². The Labute approximate surface area is 156 Å². The molecule has 140 valence electrons. The van der Waals surface area contributed by atoms with Gasteiger partial charge < -0.3 is 14.5 Å². The first-order chi connectivity index (χ1) is 12.2. The van der Waals surface area contributed by atoms with Crippen LogP contribution in [0.5, 0.6) is 0 Å². The summed E-state index contributed by atoms with van der Waals surface area (Å²) in [6.45, 7) is 9.06. The Morgan fingerprint density at radius 1 is 1.31 bits per heavy atom. The minimum atomic E-state index is -0.533. The summed E-state index contributed by atoms with van der Waals surface area (Å²) in [4.78, 5) is 24.4. The summed E-state index contributed by atoms with van der Waals surface area (Å²) in [5.41, 5.74) is -0.296. The highest BCUT2D eigenvalue weighted by Gasteiger charge is 2.31. The van der Waals surface area contributed by atoms with Crippen LogP contribution in [0.2, 0.25) is 5.02 Å². The second-order valence-electron chi connectivity index (χ2n) is 7.45. The molecule has 2 aromatic rings. The molecule has 1 atom stereocenters. The lowest BCUT2D eigenvalue weighted by Crippen LogP contribution is -2.54. The van der Waals surface area contributed by atoms with E-state index in [0.29, 0.717) is 35.9 Å². The summed E-state index contributed by atoms with van der Waals surface area (Å²) >= 11 is 6.01. The molecule has 3 rings (SSSR count). The van der Waals surface area contributed by atoms with Crippen LogP contribution >= 0.6 is 11.6 Å². The summed E-state index contributed by atoms with van der Waals surface area (Å²) in [7, 11) is 0. The van der Waals surface area contributed by atoms with Crippen molar-refractivity contribution in [1.29, 1.82) is 0 Å². The Balaban J connectivity index is 1.85. The zero-order chi connectivity index (χ0) is 19.1. The van der Waals surface area contributed by atoms with Gasteiger partial charge in [-0.05, 0) is 39.8 Å². The van der Waals surface area contributed by atoms with Crippen molar-refractivity contribution in [1.82, 2.24) is 14.9 Å². The van der Waals surface area contributed by atoms with E-state index >= 15 is 0 Å². The van der Waals surface area contributed by atoms with Crippen LogP contribution in [-0.4, -0.2) is 52.2 Å². The lowest BCUT2D eigenvalue weighted by molar-refractivity contribution is 0.0218. The molecule has 0 N–H and O–H groups in total. The number of benzene rings is 1. The standard InChI is InChI=1S/C18H22ClFN4O2/c1-11-9-23(17(25)26-18(2,3)4)5-6-24(11)16-13-7-12(19)8-14(20)15(13)21-10-22-16/h7-8,10-11H,5-6,9H2,1-4H3/t11-/m0/s1. The number of halogens is 2. The van der Waals surface area contributed by atoms with Crippen molar-refractivity contribution >= 4 is 34.4 Å². The number of nitrogens with zero attached hydrogens (tertiary/aromatic N) is 4. The zero-order valence-corrected chi connectivity index (χ0v) is 16.0. The van der Waals surface area contributed by atoms with Gasteiger partial charge in [0.2, 0.25) is 0 Å². The SMILES string of the molecule is C[C@H]1CN(C(=O)OC(C)(C)C)CCN1c1ncnc2c(F)cc(Cl)cc12. The lowest BCUT2D eigenvalue weighted by Gasteiger charge is -2.41. The second-order valence-corrected chi connectivity index (χ2v) is 7.89. The maximum Gasteiger partial charge on any atom is 0.410 e. The molecule has 1 aromatic heterocycles. The van der Waals surface area contributed by atoms with E-state index in [4.69, 9.17) is 16.3 Å². The Bertz CT molecular complexity index is 840. The molecular formula is C18H22ClFN4O2. The number of amides is 1. The number of hydrogen-bond donors (Lipinski definition) is 0. The molecule has 0 unspecified atom stereocenters. The number of fused-ring (bicyclic) bond motifs is 1. The van der Waals surface area contributed by atoms with Crippen LogP contribution in [0.25, 0.3) is 10.9 Å². The van der Waals surface area contributed by atoms with Crippen LogP contribution in [0.1, 0.15) is 27.7 Å². The molecule has 0 spiro atoms. The summed E-state index contributed by atoms with van der Waals surface area (Å²) in [6, 6.07) is 2.89. The Hall–Kier alpha value is -2.15. The molecule has 1 fully saturated rings. The van der Waals surface area contributed by atoms with Gasteiger partial charge in [0.15, 0.2) is 5.82 Å². The first kappa shape index (κ1) is 18.6. The molecule has 26 heavy (non-hydrogen) atoms. The first-order valence-corrected chi connectivity index (χ1v) is 8.88. The van der Waals surface area contributed by atoms with E-state index in [9.17, 15) is 9.18 Å². The average molecular weight is 381 g/mol. The van der Waals surface area contributed by atoms with Crippen LogP contribution in [0.15, 0.2) is 18.5 Å². The summed E-state index contributed by atoms with van der Waals surface area (Å²) in [5, 5.41) is 0.862. The van der Waals surface area contributed by atoms with Crippen molar-refractivity contribution in [2.45, 2.75) is 39.3 Å². The smallest absolute Gasteiger partial charge is 0.410 e. The van der Waals surface area contributed by atoms with Gasteiger partial charge in [-0.3, -0.25) is 0 Å². The van der Waals surface area contributed by atoms with Gasteiger partial charge >= 0.3 is 6.09 Å². The number of aromatic nitrogens is 2. The molecule has 1 amide bonds. The van der Waals surface area contributed by atoms with Crippen molar-refractivity contribution < 1.29 is 13.9 Å². The predicted molar refractivity (Wildman–Crippen MR) is 99.1 cm³/mol. The van der Waals surface area contributed by atoms with Gasteiger partial charge in [-0.15, -0.1) is 0 Å². The third kappa shape index (κ3) is 3.82. The van der Waals surface area contributed by atoms with Gasteiger partial charge in [0.25, 0.3) is 0 Å². The molecule has 2 heterocycles. The van der Waals surface area contributed by atoms with Crippen molar-refractivity contribution in [2.75, 3.05) is 24.5 Å². The molecule has 0 bridgehead atoms. The maximum atomic E-state index is 14.2. The number of ether oxygens (including phenoxy) is 1. The molecule has 1 aromatic carbocycles. The molecular weight excluding hydrogens is 359 g/mol. The van der Waals surface area contributed by atoms with Crippen LogP contribution < -0.4 is 4.90 Å². The highest BCUT2D eigenvalue weighted by Crippen LogP contribution is 2.30. The van der Waals surface area contributed by atoms with Crippen LogP contribution in [0, 0.1) is 5.82 Å². The quantitative estimate of drug-likeness (QED) is 0.751. The lowest BCUT2D eigenvalue weighted by atomic mass is 10.1. The van der Waals surface area contributed by atoms with Crippen LogP contribution in [0.4, 0.5) is 15.0 Å². The van der Waals surface area contributed by atoms with Gasteiger partial charge in [0.05, 0.1) is 0 Å². The second kappa shape index (κ2) is 6.87. The predicted octanol–water partition coefficient (Wildman–Crippen LogP) is 3.87. The normalized spacial score (nSPS) is 18.3. The number of hydrogen-bond acceptors (Lipinski definition) is 5. The average Bonchev–Trinajstić information content (AvgIpc) is 2.53. The Morgan fingerprint density at radius 2 is 2.04 bits per heavy atom. The molecule has 1 aliphatic rings. The van der Waals surface area contributed by atoms with E-state index in [1.54, 1.807) is 11.0 Å². The topological polar surface area (TPSA) is 58.6 Å². The minimum absolute atomic E-state index is 0.0172. The largest absolute Gasteiger partial charge is 0.444 e. The number of rotatable bonds is 1. The summed E-state index contributed by atoms with van der Waals surface area (Å²) < 4.78 is 19.6. The van der Waals surface area contributed by atoms with E-state index in [2.05, 4.69) is 9.97 Å². The van der Waals surface area contributed by atoms with Gasteiger partial charge in [-0.2, -0.15) is 0 Å². The fourth-order valence-corrected chi connectivity index (χ4v) is 3.28. The monoisotopic (exact) mass is 380 g/mol. The number of piperazine rings is 1. The maximum absolute atomic E-state index is 14.2. The third-order valence-corrected chi connectivity index (χ3v) is 4.41. The number of anilines is 1.